The lowest BCUT2D eigenvalue weighted by Crippen LogP contribution is -2.66. The van der Waals surface area contributed by atoms with Crippen molar-refractivity contribution in [2.45, 2.75) is 32.0 Å². The Kier molecular flexibility index (Phi) is 5.02. The average Bonchev–Trinajstić information content (AvgIpc) is 3.09. The monoisotopic (exact) mass is 452 g/mol. The van der Waals surface area contributed by atoms with Crippen molar-refractivity contribution >= 4 is 23.7 Å². The Morgan fingerprint density at radius 1 is 1.09 bits per heavy atom. The number of pyridine rings is 1. The van der Waals surface area contributed by atoms with E-state index in [0.717, 1.165) is 57.8 Å². The zero-order valence-corrected chi connectivity index (χ0v) is 18.7. The standard InChI is InChI=1S/C22H28N8O3/c1-2-23-21(31)25-17-6-3-14(7-24-17)18-26-19(29-8-15-4-5-16(9-29)33-15)28-20(27-18)30-10-22(11-30)12-32-13-22/h3,6-7,15-16H,2,4-5,8-13H2,1H3,(H2,23,24,25,31). The van der Waals surface area contributed by atoms with E-state index in [4.69, 9.17) is 24.4 Å². The summed E-state index contributed by atoms with van der Waals surface area (Å²) in [5.41, 5.74) is 1.04. The van der Waals surface area contributed by atoms with Gasteiger partial charge in [-0.15, -0.1) is 0 Å². The molecule has 2 bridgehead atoms. The van der Waals surface area contributed by atoms with Crippen LogP contribution in [0.2, 0.25) is 0 Å². The number of hydrogen-bond acceptors (Lipinski definition) is 9. The molecule has 1 spiro atoms. The molecule has 2 amide bonds. The number of carbonyl (C=O) groups is 1. The van der Waals surface area contributed by atoms with Gasteiger partial charge in [-0.2, -0.15) is 15.0 Å². The molecule has 4 aliphatic heterocycles. The lowest BCUT2D eigenvalue weighted by Gasteiger charge is -2.54. The van der Waals surface area contributed by atoms with Crippen LogP contribution in [0.25, 0.3) is 11.4 Å². The Bertz CT molecular complexity index is 1020. The zero-order valence-electron chi connectivity index (χ0n) is 18.7. The summed E-state index contributed by atoms with van der Waals surface area (Å²) in [5, 5.41) is 5.41. The zero-order chi connectivity index (χ0) is 22.4. The topological polar surface area (TPSA) is 118 Å². The molecule has 0 saturated carbocycles. The van der Waals surface area contributed by atoms with E-state index in [9.17, 15) is 4.79 Å². The van der Waals surface area contributed by atoms with E-state index in [0.29, 0.717) is 30.1 Å². The SMILES string of the molecule is CCNC(=O)Nc1ccc(-c2nc(N3CC4CCC(C3)O4)nc(N3CC4(COC4)C3)n2)cn1. The summed E-state index contributed by atoms with van der Waals surface area (Å²) in [6.45, 7) is 7.43. The van der Waals surface area contributed by atoms with Gasteiger partial charge in [-0.3, -0.25) is 5.32 Å². The summed E-state index contributed by atoms with van der Waals surface area (Å²) in [5.74, 6) is 2.43. The Morgan fingerprint density at radius 3 is 2.42 bits per heavy atom. The normalized spacial score (nSPS) is 24.9. The number of fused-ring (bicyclic) bond motifs is 2. The molecule has 0 aliphatic carbocycles. The molecular formula is C22H28N8O3. The van der Waals surface area contributed by atoms with Gasteiger partial charge in [-0.05, 0) is 31.9 Å². The highest BCUT2D eigenvalue weighted by Gasteiger charge is 2.50. The van der Waals surface area contributed by atoms with Crippen LogP contribution in [0.3, 0.4) is 0 Å². The second-order valence-electron chi connectivity index (χ2n) is 9.39. The van der Waals surface area contributed by atoms with Crippen molar-refractivity contribution < 1.29 is 14.3 Å². The molecule has 0 radical (unpaired) electrons. The number of nitrogens with zero attached hydrogens (tertiary/aromatic N) is 6. The van der Waals surface area contributed by atoms with Crippen LogP contribution in [-0.2, 0) is 9.47 Å². The van der Waals surface area contributed by atoms with Crippen LogP contribution < -0.4 is 20.4 Å². The number of nitrogens with one attached hydrogen (secondary N) is 2. The van der Waals surface area contributed by atoms with Crippen molar-refractivity contribution in [2.24, 2.45) is 5.41 Å². The summed E-state index contributed by atoms with van der Waals surface area (Å²) >= 11 is 0. The molecular weight excluding hydrogens is 424 g/mol. The number of ether oxygens (including phenoxy) is 2. The van der Waals surface area contributed by atoms with Crippen molar-refractivity contribution in [3.05, 3.63) is 18.3 Å². The summed E-state index contributed by atoms with van der Waals surface area (Å²) < 4.78 is 11.4. The van der Waals surface area contributed by atoms with Gasteiger partial charge < -0.3 is 24.6 Å². The van der Waals surface area contributed by atoms with E-state index in [2.05, 4.69) is 25.4 Å². The minimum absolute atomic E-state index is 0.244. The first-order chi connectivity index (χ1) is 16.1. The minimum atomic E-state index is -0.281. The van der Waals surface area contributed by atoms with Gasteiger partial charge >= 0.3 is 6.03 Å². The number of morpholine rings is 1. The maximum Gasteiger partial charge on any atom is 0.320 e. The van der Waals surface area contributed by atoms with Crippen molar-refractivity contribution in [1.82, 2.24) is 25.3 Å². The fourth-order valence-corrected chi connectivity index (χ4v) is 4.94. The van der Waals surface area contributed by atoms with Crippen LogP contribution in [0, 0.1) is 5.41 Å². The van der Waals surface area contributed by atoms with E-state index < -0.39 is 0 Å². The molecule has 11 heteroatoms. The smallest absolute Gasteiger partial charge is 0.320 e. The van der Waals surface area contributed by atoms with Gasteiger partial charge in [0.05, 0.1) is 30.8 Å². The van der Waals surface area contributed by atoms with Gasteiger partial charge in [0.15, 0.2) is 5.82 Å². The largest absolute Gasteiger partial charge is 0.380 e. The van der Waals surface area contributed by atoms with Crippen LogP contribution in [-0.4, -0.2) is 84.1 Å². The number of urea groups is 1. The fraction of sp³-hybridized carbons (Fsp3) is 0.591. The molecule has 4 fully saturated rings. The van der Waals surface area contributed by atoms with Crippen LogP contribution in [0.5, 0.6) is 0 Å². The molecule has 2 aromatic rings. The van der Waals surface area contributed by atoms with Gasteiger partial charge in [0.25, 0.3) is 0 Å². The van der Waals surface area contributed by atoms with Gasteiger partial charge in [0.2, 0.25) is 11.9 Å². The van der Waals surface area contributed by atoms with Crippen LogP contribution >= 0.6 is 0 Å². The minimum Gasteiger partial charge on any atom is -0.380 e. The van der Waals surface area contributed by atoms with Gasteiger partial charge in [0.1, 0.15) is 5.82 Å². The average molecular weight is 453 g/mol. The Labute approximate surface area is 191 Å². The van der Waals surface area contributed by atoms with E-state index >= 15 is 0 Å². The number of anilines is 3. The molecule has 6 heterocycles. The van der Waals surface area contributed by atoms with Gasteiger partial charge in [0, 0.05) is 44.5 Å². The number of hydrogen-bond donors (Lipinski definition) is 2. The highest BCUT2D eigenvalue weighted by atomic mass is 16.5. The third-order valence-electron chi connectivity index (χ3n) is 6.69. The first kappa shape index (κ1) is 20.5. The fourth-order valence-electron chi connectivity index (χ4n) is 4.94. The molecule has 2 N–H and O–H groups in total. The van der Waals surface area contributed by atoms with E-state index in [1.807, 2.05) is 13.0 Å². The summed E-state index contributed by atoms with van der Waals surface area (Å²) in [6.07, 6.45) is 4.35. The molecule has 2 aromatic heterocycles. The van der Waals surface area contributed by atoms with Crippen molar-refractivity contribution in [1.29, 1.82) is 0 Å². The van der Waals surface area contributed by atoms with E-state index in [1.165, 1.54) is 0 Å². The van der Waals surface area contributed by atoms with E-state index in [1.54, 1.807) is 12.3 Å². The number of amides is 2. The Morgan fingerprint density at radius 2 is 1.82 bits per heavy atom. The van der Waals surface area contributed by atoms with Crippen molar-refractivity contribution in [3.8, 4) is 11.4 Å². The molecule has 11 nitrogen and oxygen atoms in total. The van der Waals surface area contributed by atoms with Gasteiger partial charge in [-0.25, -0.2) is 9.78 Å². The molecule has 2 atom stereocenters. The van der Waals surface area contributed by atoms with Crippen LogP contribution in [0.4, 0.5) is 22.5 Å². The van der Waals surface area contributed by atoms with Crippen LogP contribution in [0.1, 0.15) is 19.8 Å². The summed E-state index contributed by atoms with van der Waals surface area (Å²) in [4.78, 5) is 35.0. The molecule has 0 aromatic carbocycles. The highest BCUT2D eigenvalue weighted by Crippen LogP contribution is 2.40. The summed E-state index contributed by atoms with van der Waals surface area (Å²) in [7, 11) is 0. The molecule has 4 saturated heterocycles. The number of aromatic nitrogens is 4. The van der Waals surface area contributed by atoms with Gasteiger partial charge in [-0.1, -0.05) is 0 Å². The maximum absolute atomic E-state index is 11.8. The molecule has 4 aliphatic rings. The van der Waals surface area contributed by atoms with E-state index in [-0.39, 0.29) is 23.7 Å². The maximum atomic E-state index is 11.8. The lowest BCUT2D eigenvalue weighted by atomic mass is 9.78. The molecule has 2 unspecified atom stereocenters. The third kappa shape index (κ3) is 3.95. The lowest BCUT2D eigenvalue weighted by molar-refractivity contribution is -0.127. The second kappa shape index (κ2) is 8.07. The quantitative estimate of drug-likeness (QED) is 0.692. The predicted octanol–water partition coefficient (Wildman–Crippen LogP) is 1.28. The van der Waals surface area contributed by atoms with Crippen molar-refractivity contribution in [3.63, 3.8) is 0 Å². The predicted molar refractivity (Wildman–Crippen MR) is 121 cm³/mol. The Balaban J connectivity index is 1.27. The summed E-state index contributed by atoms with van der Waals surface area (Å²) in [6, 6.07) is 3.35. The number of rotatable bonds is 5. The Hall–Kier alpha value is -3.05. The number of carbonyl (C=O) groups excluding carboxylic acids is 1. The van der Waals surface area contributed by atoms with Crippen molar-refractivity contribution in [2.75, 3.05) is 61.1 Å². The molecule has 6 rings (SSSR count). The molecule has 174 valence electrons. The second-order valence-corrected chi connectivity index (χ2v) is 9.39. The first-order valence-electron chi connectivity index (χ1n) is 11.6. The van der Waals surface area contributed by atoms with Crippen LogP contribution in [0.15, 0.2) is 18.3 Å². The first-order valence-corrected chi connectivity index (χ1v) is 11.6. The third-order valence-corrected chi connectivity index (χ3v) is 6.69. The highest BCUT2D eigenvalue weighted by molar-refractivity contribution is 5.88. The molecule has 33 heavy (non-hydrogen) atoms.